The molecule has 2 aromatic rings. The number of methoxy groups -OCH3 is 1. The zero-order valence-electron chi connectivity index (χ0n) is 14.4. The fourth-order valence-corrected chi connectivity index (χ4v) is 4.33. The Kier molecular flexibility index (Phi) is 3.75. The van der Waals surface area contributed by atoms with E-state index in [9.17, 15) is 0 Å². The number of likely N-dealkylation sites (tertiary alicyclic amines) is 1. The molecule has 1 aliphatic heterocycles. The van der Waals surface area contributed by atoms with E-state index in [1.165, 1.54) is 12.8 Å². The van der Waals surface area contributed by atoms with Crippen LogP contribution in [-0.2, 0) is 12.0 Å². The average Bonchev–Trinajstić information content (AvgIpc) is 3.23. The largest absolute Gasteiger partial charge is 0.467 e. The lowest BCUT2D eigenvalue weighted by molar-refractivity contribution is 0.264. The number of aryl methyl sites for hydroxylation is 2. The van der Waals surface area contributed by atoms with Gasteiger partial charge >= 0.3 is 6.01 Å². The lowest BCUT2D eigenvalue weighted by atomic mass is 9.80. The third-order valence-corrected chi connectivity index (χ3v) is 5.53. The molecule has 0 bridgehead atoms. The molecule has 128 valence electrons. The second-order valence-corrected chi connectivity index (χ2v) is 7.01. The molecule has 3 heterocycles. The average molecular weight is 329 g/mol. The second kappa shape index (κ2) is 5.81. The van der Waals surface area contributed by atoms with Gasteiger partial charge in [-0.2, -0.15) is 0 Å². The van der Waals surface area contributed by atoms with Crippen LogP contribution < -0.4 is 4.74 Å². The van der Waals surface area contributed by atoms with Crippen LogP contribution in [0.2, 0.25) is 0 Å². The summed E-state index contributed by atoms with van der Waals surface area (Å²) < 4.78 is 10.9. The van der Waals surface area contributed by atoms with Gasteiger partial charge in [0.25, 0.3) is 0 Å². The number of fused-ring (bicyclic) bond motifs is 1. The minimum absolute atomic E-state index is 0.0303. The SMILES string of the molecule is COc1ncc(CN2C[C@@H]3CCC[C@]3(c3nnc(C)o3)C2)c(C)n1. The minimum atomic E-state index is 0.0303. The van der Waals surface area contributed by atoms with Crippen molar-refractivity contribution in [2.45, 2.75) is 45.1 Å². The first-order valence-electron chi connectivity index (χ1n) is 8.50. The second-order valence-electron chi connectivity index (χ2n) is 7.01. The van der Waals surface area contributed by atoms with Crippen LogP contribution in [0.15, 0.2) is 10.6 Å². The van der Waals surface area contributed by atoms with E-state index in [1.54, 1.807) is 7.11 Å². The highest BCUT2D eigenvalue weighted by Gasteiger charge is 2.53. The van der Waals surface area contributed by atoms with E-state index in [0.717, 1.165) is 43.2 Å². The maximum absolute atomic E-state index is 5.83. The molecule has 2 aromatic heterocycles. The van der Waals surface area contributed by atoms with Crippen LogP contribution in [0.25, 0.3) is 0 Å². The Morgan fingerprint density at radius 3 is 2.96 bits per heavy atom. The van der Waals surface area contributed by atoms with Crippen molar-refractivity contribution in [2.24, 2.45) is 5.92 Å². The molecule has 1 saturated carbocycles. The topological polar surface area (TPSA) is 77.2 Å². The number of nitrogens with zero attached hydrogens (tertiary/aromatic N) is 5. The molecular weight excluding hydrogens is 306 g/mol. The van der Waals surface area contributed by atoms with E-state index in [0.29, 0.717) is 17.8 Å². The molecule has 2 atom stereocenters. The molecule has 0 amide bonds. The highest BCUT2D eigenvalue weighted by molar-refractivity contribution is 5.21. The van der Waals surface area contributed by atoms with Crippen LogP contribution in [0.1, 0.15) is 42.3 Å². The molecule has 0 radical (unpaired) electrons. The molecule has 2 fully saturated rings. The summed E-state index contributed by atoms with van der Waals surface area (Å²) in [5.74, 6) is 2.08. The highest BCUT2D eigenvalue weighted by Crippen LogP contribution is 2.50. The lowest BCUT2D eigenvalue weighted by Gasteiger charge is -2.24. The van der Waals surface area contributed by atoms with Crippen LogP contribution in [0.4, 0.5) is 0 Å². The van der Waals surface area contributed by atoms with Crippen LogP contribution in [0.5, 0.6) is 6.01 Å². The van der Waals surface area contributed by atoms with Crippen LogP contribution in [-0.4, -0.2) is 45.3 Å². The molecule has 7 nitrogen and oxygen atoms in total. The third kappa shape index (κ3) is 2.47. The van der Waals surface area contributed by atoms with Gasteiger partial charge in [-0.25, -0.2) is 9.97 Å². The van der Waals surface area contributed by atoms with Crippen molar-refractivity contribution in [3.63, 3.8) is 0 Å². The fraction of sp³-hybridized carbons (Fsp3) is 0.647. The predicted molar refractivity (Wildman–Crippen MR) is 86.7 cm³/mol. The third-order valence-electron chi connectivity index (χ3n) is 5.53. The summed E-state index contributed by atoms with van der Waals surface area (Å²) in [6.45, 7) is 6.74. The van der Waals surface area contributed by atoms with Crippen molar-refractivity contribution in [3.05, 3.63) is 29.2 Å². The van der Waals surface area contributed by atoms with E-state index < -0.39 is 0 Å². The van der Waals surface area contributed by atoms with Gasteiger partial charge in [-0.3, -0.25) is 4.90 Å². The van der Waals surface area contributed by atoms with Crippen molar-refractivity contribution in [2.75, 3.05) is 20.2 Å². The maximum Gasteiger partial charge on any atom is 0.316 e. The lowest BCUT2D eigenvalue weighted by Crippen LogP contribution is -2.32. The molecule has 2 aliphatic rings. The normalized spacial score (nSPS) is 26.7. The van der Waals surface area contributed by atoms with Crippen molar-refractivity contribution in [1.29, 1.82) is 0 Å². The van der Waals surface area contributed by atoms with Crippen molar-refractivity contribution < 1.29 is 9.15 Å². The van der Waals surface area contributed by atoms with Gasteiger partial charge in [0.05, 0.1) is 12.5 Å². The Hall–Kier alpha value is -2.02. The summed E-state index contributed by atoms with van der Waals surface area (Å²) in [5, 5.41) is 8.42. The zero-order chi connectivity index (χ0) is 16.7. The van der Waals surface area contributed by atoms with Crippen molar-refractivity contribution in [3.8, 4) is 6.01 Å². The summed E-state index contributed by atoms with van der Waals surface area (Å²) in [7, 11) is 1.59. The van der Waals surface area contributed by atoms with Gasteiger partial charge in [0.15, 0.2) is 0 Å². The number of aromatic nitrogens is 4. The first-order valence-corrected chi connectivity index (χ1v) is 8.50. The first-order chi connectivity index (χ1) is 11.6. The minimum Gasteiger partial charge on any atom is -0.467 e. The highest BCUT2D eigenvalue weighted by atomic mass is 16.5. The standard InChI is InChI=1S/C17H23N5O2/c1-11-13(7-18-16(19-11)23-3)8-22-9-14-5-4-6-17(14,10-22)15-21-20-12(2)24-15/h7,14H,4-6,8-10H2,1-3H3/t14-,17-/m0/s1. The van der Waals surface area contributed by atoms with Gasteiger partial charge in [0.2, 0.25) is 11.8 Å². The van der Waals surface area contributed by atoms with E-state index in [2.05, 4.69) is 25.1 Å². The monoisotopic (exact) mass is 329 g/mol. The number of rotatable bonds is 4. The Morgan fingerprint density at radius 2 is 2.25 bits per heavy atom. The quantitative estimate of drug-likeness (QED) is 0.849. The Bertz CT molecular complexity index is 746. The molecule has 24 heavy (non-hydrogen) atoms. The molecule has 0 aromatic carbocycles. The zero-order valence-corrected chi connectivity index (χ0v) is 14.4. The number of hydrogen-bond acceptors (Lipinski definition) is 7. The number of ether oxygens (including phenoxy) is 1. The van der Waals surface area contributed by atoms with E-state index >= 15 is 0 Å². The summed E-state index contributed by atoms with van der Waals surface area (Å²) >= 11 is 0. The molecule has 4 rings (SSSR count). The number of hydrogen-bond donors (Lipinski definition) is 0. The Morgan fingerprint density at radius 1 is 1.38 bits per heavy atom. The first kappa shape index (κ1) is 15.5. The van der Waals surface area contributed by atoms with E-state index in [1.807, 2.05) is 20.0 Å². The Balaban J connectivity index is 1.55. The van der Waals surface area contributed by atoms with Crippen LogP contribution >= 0.6 is 0 Å². The molecule has 0 N–H and O–H groups in total. The van der Waals surface area contributed by atoms with Crippen molar-refractivity contribution in [1.82, 2.24) is 25.1 Å². The van der Waals surface area contributed by atoms with Crippen LogP contribution in [0, 0.1) is 19.8 Å². The summed E-state index contributed by atoms with van der Waals surface area (Å²) in [5.41, 5.74) is 2.15. The maximum atomic E-state index is 5.83. The van der Waals surface area contributed by atoms with Gasteiger partial charge < -0.3 is 9.15 Å². The van der Waals surface area contributed by atoms with Gasteiger partial charge in [-0.05, 0) is 25.7 Å². The van der Waals surface area contributed by atoms with E-state index in [-0.39, 0.29) is 5.41 Å². The van der Waals surface area contributed by atoms with Crippen molar-refractivity contribution >= 4 is 0 Å². The van der Waals surface area contributed by atoms with E-state index in [4.69, 9.17) is 9.15 Å². The van der Waals surface area contributed by atoms with Gasteiger partial charge in [0.1, 0.15) is 0 Å². The van der Waals surface area contributed by atoms with Crippen LogP contribution in [0.3, 0.4) is 0 Å². The van der Waals surface area contributed by atoms with Gasteiger partial charge in [-0.15, -0.1) is 10.2 Å². The predicted octanol–water partition coefficient (Wildman–Crippen LogP) is 2.04. The molecule has 1 aliphatic carbocycles. The Labute approximate surface area is 141 Å². The molecule has 7 heteroatoms. The van der Waals surface area contributed by atoms with Gasteiger partial charge in [0, 0.05) is 44.0 Å². The van der Waals surface area contributed by atoms with Gasteiger partial charge in [-0.1, -0.05) is 6.42 Å². The summed E-state index contributed by atoms with van der Waals surface area (Å²) in [4.78, 5) is 11.1. The smallest absolute Gasteiger partial charge is 0.316 e. The summed E-state index contributed by atoms with van der Waals surface area (Å²) in [6, 6.07) is 0.423. The molecule has 0 unspecified atom stereocenters. The molecular formula is C17H23N5O2. The molecule has 1 saturated heterocycles. The molecule has 0 spiro atoms. The fourth-order valence-electron chi connectivity index (χ4n) is 4.33. The summed E-state index contributed by atoms with van der Waals surface area (Å²) in [6.07, 6.45) is 5.48.